The van der Waals surface area contributed by atoms with Crippen molar-refractivity contribution in [2.75, 3.05) is 0 Å². The van der Waals surface area contributed by atoms with Crippen LogP contribution in [0.25, 0.3) is 0 Å². The Balaban J connectivity index is 1.52. The van der Waals surface area contributed by atoms with Crippen LogP contribution in [0.1, 0.15) is 51.7 Å². The van der Waals surface area contributed by atoms with Crippen LogP contribution < -0.4 is 10.2 Å². The summed E-state index contributed by atoms with van der Waals surface area (Å²) in [4.78, 5) is 13.1. The zero-order valence-electron chi connectivity index (χ0n) is 19.9. The summed E-state index contributed by atoms with van der Waals surface area (Å²) in [6.45, 7) is 14.8. The van der Waals surface area contributed by atoms with Gasteiger partial charge < -0.3 is 14.0 Å². The van der Waals surface area contributed by atoms with Gasteiger partial charge in [-0.3, -0.25) is 4.98 Å². The second kappa shape index (κ2) is 8.98. The molecule has 3 aromatic rings. The molecular weight excluding hydrogens is 413 g/mol. The molecule has 7 heteroatoms. The third kappa shape index (κ3) is 4.64. The van der Waals surface area contributed by atoms with E-state index in [1.807, 2.05) is 26.0 Å². The first-order valence-corrected chi connectivity index (χ1v) is 11.2. The van der Waals surface area contributed by atoms with Gasteiger partial charge in [0.2, 0.25) is 0 Å². The molecule has 1 saturated heterocycles. The summed E-state index contributed by atoms with van der Waals surface area (Å²) in [5.41, 5.74) is 2.36. The van der Waals surface area contributed by atoms with Crippen molar-refractivity contribution in [2.45, 2.75) is 52.2 Å². The Morgan fingerprint density at radius 1 is 1.06 bits per heavy atom. The average molecular weight is 443 g/mol. The van der Waals surface area contributed by atoms with Crippen LogP contribution in [0.3, 0.4) is 0 Å². The topological polar surface area (TPSA) is 66.4 Å². The second-order valence-corrected chi connectivity index (χ2v) is 9.31. The predicted octanol–water partition coefficient (Wildman–Crippen LogP) is 4.45. The number of nitrogens with zero attached hydrogens (tertiary/aromatic N) is 3. The van der Waals surface area contributed by atoms with E-state index in [1.54, 1.807) is 24.7 Å². The van der Waals surface area contributed by atoms with E-state index in [0.717, 1.165) is 11.2 Å². The number of aromatic nitrogens is 3. The van der Waals surface area contributed by atoms with Gasteiger partial charge in [0.1, 0.15) is 18.0 Å². The van der Waals surface area contributed by atoms with Crippen molar-refractivity contribution < 1.29 is 14.0 Å². The molecule has 2 aromatic heterocycles. The number of hydrogen-bond acceptors (Lipinski definition) is 6. The van der Waals surface area contributed by atoms with E-state index in [2.05, 4.69) is 61.6 Å². The summed E-state index contributed by atoms with van der Waals surface area (Å²) in [7, 11) is -0.435. The number of benzene rings is 1. The molecule has 33 heavy (non-hydrogen) atoms. The Kier molecular flexibility index (Phi) is 6.26. The first kappa shape index (κ1) is 23.0. The Morgan fingerprint density at radius 2 is 1.76 bits per heavy atom. The zero-order chi connectivity index (χ0) is 23.6. The molecule has 0 spiro atoms. The van der Waals surface area contributed by atoms with Crippen LogP contribution in [0.4, 0.5) is 0 Å². The summed E-state index contributed by atoms with van der Waals surface area (Å²) in [6, 6.07) is 14.2. The Morgan fingerprint density at radius 3 is 2.30 bits per heavy atom. The number of pyridine rings is 1. The van der Waals surface area contributed by atoms with E-state index in [0.29, 0.717) is 29.9 Å². The van der Waals surface area contributed by atoms with Crippen molar-refractivity contribution in [1.82, 2.24) is 15.0 Å². The quantitative estimate of drug-likeness (QED) is 0.503. The molecule has 1 aliphatic heterocycles. The molecule has 0 saturated carbocycles. The lowest BCUT2D eigenvalue weighted by molar-refractivity contribution is 0.173. The van der Waals surface area contributed by atoms with Crippen molar-refractivity contribution in [3.63, 3.8) is 0 Å². The summed E-state index contributed by atoms with van der Waals surface area (Å²) in [5, 5.41) is 0. The molecule has 0 bridgehead atoms. The summed E-state index contributed by atoms with van der Waals surface area (Å²) < 4.78 is 17.7. The molecule has 1 fully saturated rings. The molecule has 6 nitrogen and oxygen atoms in total. The molecule has 1 atom stereocenters. The molecule has 0 radical (unpaired) electrons. The third-order valence-corrected chi connectivity index (χ3v) is 6.52. The third-order valence-electron chi connectivity index (χ3n) is 6.52. The fraction of sp³-hybridized carbons (Fsp3) is 0.346. The highest BCUT2D eigenvalue weighted by atomic mass is 16.7. The number of ether oxygens (including phenoxy) is 1. The smallest absolute Gasteiger partial charge is 0.534 e. The first-order valence-electron chi connectivity index (χ1n) is 11.2. The van der Waals surface area contributed by atoms with Gasteiger partial charge in [-0.1, -0.05) is 44.7 Å². The molecular formula is C26H30BN3O3. The van der Waals surface area contributed by atoms with E-state index in [4.69, 9.17) is 19.0 Å². The van der Waals surface area contributed by atoms with Crippen LogP contribution in [0.5, 0.6) is 5.75 Å². The Labute approximate surface area is 196 Å². The average Bonchev–Trinajstić information content (AvgIpc) is 3.10. The minimum Gasteiger partial charge on any atom is -0.534 e. The molecule has 1 unspecified atom stereocenters. The van der Waals surface area contributed by atoms with Gasteiger partial charge in [-0.05, 0) is 55.9 Å². The van der Waals surface area contributed by atoms with Gasteiger partial charge in [0.05, 0.1) is 17.6 Å². The summed E-state index contributed by atoms with van der Waals surface area (Å²) in [6.07, 6.45) is 5.17. The van der Waals surface area contributed by atoms with E-state index in [9.17, 15) is 0 Å². The fourth-order valence-electron chi connectivity index (χ4n) is 3.85. The minimum absolute atomic E-state index is 0.278. The van der Waals surface area contributed by atoms with Crippen LogP contribution in [0, 0.1) is 5.92 Å². The molecule has 0 amide bonds. The minimum atomic E-state index is -0.490. The van der Waals surface area contributed by atoms with Crippen molar-refractivity contribution in [2.24, 2.45) is 5.92 Å². The van der Waals surface area contributed by atoms with Gasteiger partial charge in [0, 0.05) is 17.8 Å². The van der Waals surface area contributed by atoms with E-state index < -0.39 is 12.7 Å². The van der Waals surface area contributed by atoms with Gasteiger partial charge in [0.15, 0.2) is 5.82 Å². The predicted molar refractivity (Wildman–Crippen MR) is 129 cm³/mol. The zero-order valence-corrected chi connectivity index (χ0v) is 19.9. The maximum absolute atomic E-state index is 6.02. The van der Waals surface area contributed by atoms with Gasteiger partial charge in [-0.2, -0.15) is 0 Å². The van der Waals surface area contributed by atoms with Gasteiger partial charge >= 0.3 is 7.12 Å². The lowest BCUT2D eigenvalue weighted by Gasteiger charge is -2.34. The highest BCUT2D eigenvalue weighted by molar-refractivity contribution is 6.62. The molecule has 170 valence electrons. The fourth-order valence-corrected chi connectivity index (χ4v) is 3.85. The van der Waals surface area contributed by atoms with Crippen LogP contribution >= 0.6 is 0 Å². The molecule has 3 heterocycles. The van der Waals surface area contributed by atoms with Crippen molar-refractivity contribution in [3.8, 4) is 5.75 Å². The SMILES string of the molecule is C=C1OB(c2ccc(C(C)(c3ccc(OCc4ncccn4)cn3)C(C)C)cc2)OC1(C)C. The van der Waals surface area contributed by atoms with Gasteiger partial charge in [-0.25, -0.2) is 9.97 Å². The van der Waals surface area contributed by atoms with E-state index in [1.165, 1.54) is 5.56 Å². The van der Waals surface area contributed by atoms with Gasteiger partial charge in [-0.15, -0.1) is 0 Å². The maximum Gasteiger partial charge on any atom is 0.563 e. The molecule has 1 aromatic carbocycles. The van der Waals surface area contributed by atoms with Crippen molar-refractivity contribution in [3.05, 3.63) is 90.5 Å². The second-order valence-electron chi connectivity index (χ2n) is 9.31. The van der Waals surface area contributed by atoms with Crippen molar-refractivity contribution in [1.29, 1.82) is 0 Å². The van der Waals surface area contributed by atoms with E-state index in [-0.39, 0.29) is 5.41 Å². The standard InChI is InChI=1S/C26H30BN3O3/c1-18(2)26(6,20-8-10-21(11-9-20)27-32-19(3)25(4,5)33-27)23-13-12-22(16-30-23)31-17-24-28-14-7-15-29-24/h7-16,18H,3,17H2,1-2,4-6H3. The molecule has 1 aliphatic rings. The van der Waals surface area contributed by atoms with Crippen LogP contribution in [0.15, 0.2) is 73.4 Å². The monoisotopic (exact) mass is 443 g/mol. The molecule has 0 aliphatic carbocycles. The molecule has 4 rings (SSSR count). The number of hydrogen-bond donors (Lipinski definition) is 0. The maximum atomic E-state index is 6.02. The lowest BCUT2D eigenvalue weighted by atomic mass is 9.69. The highest BCUT2D eigenvalue weighted by Gasteiger charge is 2.43. The largest absolute Gasteiger partial charge is 0.563 e. The normalized spacial score (nSPS) is 17.0. The summed E-state index contributed by atoms with van der Waals surface area (Å²) >= 11 is 0. The van der Waals surface area contributed by atoms with Crippen molar-refractivity contribution >= 4 is 12.6 Å². The van der Waals surface area contributed by atoms with Crippen LogP contribution in [-0.4, -0.2) is 27.7 Å². The Bertz CT molecular complexity index is 1100. The van der Waals surface area contributed by atoms with Crippen LogP contribution in [0.2, 0.25) is 0 Å². The highest BCUT2D eigenvalue weighted by Crippen LogP contribution is 2.38. The summed E-state index contributed by atoms with van der Waals surface area (Å²) in [5.74, 6) is 2.29. The van der Waals surface area contributed by atoms with Crippen LogP contribution in [-0.2, 0) is 21.3 Å². The number of rotatable bonds is 7. The molecule has 0 N–H and O–H groups in total. The van der Waals surface area contributed by atoms with Gasteiger partial charge in [0.25, 0.3) is 0 Å². The lowest BCUT2D eigenvalue weighted by Crippen LogP contribution is -2.36. The Hall–Kier alpha value is -3.19. The van der Waals surface area contributed by atoms with E-state index >= 15 is 0 Å². The first-order chi connectivity index (χ1) is 15.7.